The van der Waals surface area contributed by atoms with Gasteiger partial charge in [-0.2, -0.15) is 4.98 Å². The molecule has 2 aromatic carbocycles. The zero-order valence-corrected chi connectivity index (χ0v) is 11.8. The minimum absolute atomic E-state index is 0.592. The number of pyridine rings is 1. The first-order valence-corrected chi connectivity index (χ1v) is 7.13. The van der Waals surface area contributed by atoms with E-state index in [1.165, 1.54) is 0 Å². The van der Waals surface area contributed by atoms with E-state index in [4.69, 9.17) is 0 Å². The lowest BCUT2D eigenvalue weighted by molar-refractivity contribution is 0.973. The maximum atomic E-state index is 4.58. The maximum absolute atomic E-state index is 4.58. The summed E-state index contributed by atoms with van der Waals surface area (Å²) in [6.07, 6.45) is 0. The van der Waals surface area contributed by atoms with E-state index in [1.54, 1.807) is 0 Å². The van der Waals surface area contributed by atoms with Crippen LogP contribution in [0.25, 0.3) is 16.9 Å². The molecule has 2 heterocycles. The number of nitrogens with zero attached hydrogens (tertiary/aromatic N) is 3. The van der Waals surface area contributed by atoms with Crippen molar-refractivity contribution in [2.24, 2.45) is 0 Å². The molecule has 4 nitrogen and oxygen atoms in total. The van der Waals surface area contributed by atoms with Crippen molar-refractivity contribution in [1.29, 1.82) is 0 Å². The molecule has 0 aliphatic rings. The number of benzene rings is 2. The molecule has 4 rings (SSSR count). The van der Waals surface area contributed by atoms with Crippen molar-refractivity contribution >= 4 is 17.3 Å². The van der Waals surface area contributed by atoms with Gasteiger partial charge in [-0.05, 0) is 24.3 Å². The van der Waals surface area contributed by atoms with E-state index in [9.17, 15) is 0 Å². The van der Waals surface area contributed by atoms with Gasteiger partial charge in [0, 0.05) is 11.3 Å². The van der Waals surface area contributed by atoms with Crippen LogP contribution in [0.4, 0.5) is 11.6 Å². The molecule has 0 amide bonds. The second-order valence-electron chi connectivity index (χ2n) is 4.97. The highest BCUT2D eigenvalue weighted by Crippen LogP contribution is 2.21. The summed E-state index contributed by atoms with van der Waals surface area (Å²) in [5.41, 5.74) is 3.93. The average Bonchev–Trinajstić information content (AvgIpc) is 2.99. The Morgan fingerprint density at radius 3 is 2.23 bits per heavy atom. The van der Waals surface area contributed by atoms with Crippen molar-refractivity contribution in [3.8, 4) is 11.3 Å². The molecule has 0 aliphatic heterocycles. The van der Waals surface area contributed by atoms with Crippen LogP contribution < -0.4 is 5.32 Å². The predicted octanol–water partition coefficient (Wildman–Crippen LogP) is 4.14. The molecule has 0 unspecified atom stereocenters. The molecule has 0 spiro atoms. The SMILES string of the molecule is c1ccc(Nc2nc3cccc(-c4ccccc4)n3n2)cc1. The number of hydrogen-bond donors (Lipinski definition) is 1. The van der Waals surface area contributed by atoms with E-state index in [2.05, 4.69) is 27.5 Å². The predicted molar refractivity (Wildman–Crippen MR) is 88.1 cm³/mol. The molecule has 1 N–H and O–H groups in total. The Labute approximate surface area is 128 Å². The van der Waals surface area contributed by atoms with Gasteiger partial charge in [0.15, 0.2) is 5.65 Å². The largest absolute Gasteiger partial charge is 0.323 e. The molecule has 0 bridgehead atoms. The van der Waals surface area contributed by atoms with Gasteiger partial charge >= 0.3 is 0 Å². The Morgan fingerprint density at radius 1 is 0.727 bits per heavy atom. The Bertz CT molecular complexity index is 898. The van der Waals surface area contributed by atoms with Crippen LogP contribution in [-0.2, 0) is 0 Å². The molecule has 0 saturated heterocycles. The fourth-order valence-electron chi connectivity index (χ4n) is 2.44. The molecule has 106 valence electrons. The highest BCUT2D eigenvalue weighted by atomic mass is 15.4. The zero-order chi connectivity index (χ0) is 14.8. The summed E-state index contributed by atoms with van der Waals surface area (Å²) in [4.78, 5) is 4.53. The molecule has 0 fully saturated rings. The number of nitrogens with one attached hydrogen (secondary N) is 1. The summed E-state index contributed by atoms with van der Waals surface area (Å²) in [6, 6.07) is 26.1. The standard InChI is InChI=1S/C18H14N4/c1-3-8-14(9-4-1)16-12-7-13-17-20-18(21-22(16)17)19-15-10-5-2-6-11-15/h1-13H,(H,19,21). The van der Waals surface area contributed by atoms with Gasteiger partial charge in [-0.3, -0.25) is 0 Å². The van der Waals surface area contributed by atoms with E-state index in [0.717, 1.165) is 22.6 Å². The second-order valence-corrected chi connectivity index (χ2v) is 4.97. The van der Waals surface area contributed by atoms with Crippen LogP contribution in [0, 0.1) is 0 Å². The van der Waals surface area contributed by atoms with Crippen molar-refractivity contribution < 1.29 is 0 Å². The first kappa shape index (κ1) is 12.6. The third kappa shape index (κ3) is 2.31. The van der Waals surface area contributed by atoms with E-state index >= 15 is 0 Å². The highest BCUT2D eigenvalue weighted by Gasteiger charge is 2.08. The Morgan fingerprint density at radius 2 is 1.45 bits per heavy atom. The van der Waals surface area contributed by atoms with Crippen molar-refractivity contribution in [2.75, 3.05) is 5.32 Å². The molecule has 0 radical (unpaired) electrons. The topological polar surface area (TPSA) is 42.2 Å². The minimum atomic E-state index is 0.592. The molecule has 0 saturated carbocycles. The third-order valence-electron chi connectivity index (χ3n) is 3.46. The summed E-state index contributed by atoms with van der Waals surface area (Å²) >= 11 is 0. The van der Waals surface area contributed by atoms with Gasteiger partial charge in [0.05, 0.1) is 5.69 Å². The van der Waals surface area contributed by atoms with E-state index in [-0.39, 0.29) is 0 Å². The number of para-hydroxylation sites is 1. The van der Waals surface area contributed by atoms with Crippen molar-refractivity contribution in [3.63, 3.8) is 0 Å². The van der Waals surface area contributed by atoms with Gasteiger partial charge < -0.3 is 5.32 Å². The fourth-order valence-corrected chi connectivity index (χ4v) is 2.44. The molecule has 0 atom stereocenters. The molecule has 22 heavy (non-hydrogen) atoms. The average molecular weight is 286 g/mol. The van der Waals surface area contributed by atoms with Gasteiger partial charge in [0.25, 0.3) is 0 Å². The van der Waals surface area contributed by atoms with Crippen LogP contribution in [-0.4, -0.2) is 14.6 Å². The first-order valence-electron chi connectivity index (χ1n) is 7.13. The maximum Gasteiger partial charge on any atom is 0.247 e. The van der Waals surface area contributed by atoms with Crippen molar-refractivity contribution in [1.82, 2.24) is 14.6 Å². The number of aromatic nitrogens is 3. The molecular weight excluding hydrogens is 272 g/mol. The lowest BCUT2D eigenvalue weighted by atomic mass is 10.1. The summed E-state index contributed by atoms with van der Waals surface area (Å²) in [6.45, 7) is 0. The summed E-state index contributed by atoms with van der Waals surface area (Å²) in [5, 5.41) is 7.81. The molecule has 2 aromatic heterocycles. The van der Waals surface area contributed by atoms with Crippen LogP contribution in [0.1, 0.15) is 0 Å². The lowest BCUT2D eigenvalue weighted by Crippen LogP contribution is -1.95. The smallest absolute Gasteiger partial charge is 0.247 e. The Balaban J connectivity index is 1.78. The monoisotopic (exact) mass is 286 g/mol. The normalized spacial score (nSPS) is 10.7. The summed E-state index contributed by atoms with van der Waals surface area (Å²) in [5.74, 6) is 0.592. The van der Waals surface area contributed by atoms with E-state index < -0.39 is 0 Å². The molecular formula is C18H14N4. The van der Waals surface area contributed by atoms with E-state index in [1.807, 2.05) is 71.2 Å². The van der Waals surface area contributed by atoms with Crippen LogP contribution in [0.15, 0.2) is 78.9 Å². The summed E-state index contributed by atoms with van der Waals surface area (Å²) < 4.78 is 1.86. The second kappa shape index (κ2) is 5.33. The molecule has 4 heteroatoms. The third-order valence-corrected chi connectivity index (χ3v) is 3.46. The summed E-state index contributed by atoms with van der Waals surface area (Å²) in [7, 11) is 0. The van der Waals surface area contributed by atoms with Crippen molar-refractivity contribution in [2.45, 2.75) is 0 Å². The van der Waals surface area contributed by atoms with Crippen LogP contribution in [0.5, 0.6) is 0 Å². The number of fused-ring (bicyclic) bond motifs is 1. The molecule has 0 aliphatic carbocycles. The Kier molecular flexibility index (Phi) is 3.05. The van der Waals surface area contributed by atoms with Crippen LogP contribution in [0.2, 0.25) is 0 Å². The van der Waals surface area contributed by atoms with Crippen LogP contribution in [0.3, 0.4) is 0 Å². The van der Waals surface area contributed by atoms with Gasteiger partial charge in [-0.15, -0.1) is 5.10 Å². The van der Waals surface area contributed by atoms with Gasteiger partial charge in [0.1, 0.15) is 0 Å². The quantitative estimate of drug-likeness (QED) is 0.615. The lowest BCUT2D eigenvalue weighted by Gasteiger charge is -2.03. The number of hydrogen-bond acceptors (Lipinski definition) is 3. The number of rotatable bonds is 3. The number of anilines is 2. The van der Waals surface area contributed by atoms with Gasteiger partial charge in [-0.1, -0.05) is 54.6 Å². The zero-order valence-electron chi connectivity index (χ0n) is 11.8. The van der Waals surface area contributed by atoms with Gasteiger partial charge in [-0.25, -0.2) is 4.52 Å². The van der Waals surface area contributed by atoms with Gasteiger partial charge in [0.2, 0.25) is 5.95 Å². The fraction of sp³-hybridized carbons (Fsp3) is 0. The van der Waals surface area contributed by atoms with Crippen molar-refractivity contribution in [3.05, 3.63) is 78.9 Å². The van der Waals surface area contributed by atoms with E-state index in [0.29, 0.717) is 5.95 Å². The highest BCUT2D eigenvalue weighted by molar-refractivity contribution is 5.64. The Hall–Kier alpha value is -3.14. The minimum Gasteiger partial charge on any atom is -0.323 e. The first-order chi connectivity index (χ1) is 10.9. The molecule has 4 aromatic rings. The van der Waals surface area contributed by atoms with Crippen LogP contribution >= 0.6 is 0 Å².